The lowest BCUT2D eigenvalue weighted by atomic mass is 10.3. The zero-order valence-corrected chi connectivity index (χ0v) is 12.4. The molecule has 0 aliphatic heterocycles. The SMILES string of the molecule is Oc1c(Cl)cc(NCc2cc(Br)cs2)cc1Cl. The van der Waals surface area contributed by atoms with Crippen molar-refractivity contribution in [3.63, 3.8) is 0 Å². The Bertz CT molecular complexity index is 521. The van der Waals surface area contributed by atoms with Crippen LogP contribution in [0.3, 0.4) is 0 Å². The number of aromatic hydroxyl groups is 1. The van der Waals surface area contributed by atoms with Gasteiger partial charge in [0.1, 0.15) is 0 Å². The molecule has 0 saturated carbocycles. The van der Waals surface area contributed by atoms with E-state index >= 15 is 0 Å². The minimum Gasteiger partial charge on any atom is -0.505 e. The van der Waals surface area contributed by atoms with Crippen molar-refractivity contribution in [2.75, 3.05) is 5.32 Å². The van der Waals surface area contributed by atoms with Crippen LogP contribution in [0, 0.1) is 0 Å². The van der Waals surface area contributed by atoms with Gasteiger partial charge in [-0.25, -0.2) is 0 Å². The molecule has 0 spiro atoms. The highest BCUT2D eigenvalue weighted by molar-refractivity contribution is 9.10. The summed E-state index contributed by atoms with van der Waals surface area (Å²) in [6, 6.07) is 5.33. The van der Waals surface area contributed by atoms with Crippen LogP contribution in [0.2, 0.25) is 10.0 Å². The number of halogens is 3. The minimum atomic E-state index is -0.0854. The topological polar surface area (TPSA) is 32.3 Å². The van der Waals surface area contributed by atoms with Gasteiger partial charge in [0.2, 0.25) is 0 Å². The van der Waals surface area contributed by atoms with Crippen LogP contribution in [0.1, 0.15) is 4.88 Å². The van der Waals surface area contributed by atoms with Crippen molar-refractivity contribution >= 4 is 56.2 Å². The maximum absolute atomic E-state index is 9.42. The van der Waals surface area contributed by atoms with E-state index in [1.807, 2.05) is 11.4 Å². The number of phenolic OH excluding ortho intramolecular Hbond substituents is 1. The summed E-state index contributed by atoms with van der Waals surface area (Å²) in [5.74, 6) is -0.0854. The number of hydrogen-bond donors (Lipinski definition) is 2. The summed E-state index contributed by atoms with van der Waals surface area (Å²) < 4.78 is 1.07. The fourth-order valence-electron chi connectivity index (χ4n) is 1.30. The Kier molecular flexibility index (Phi) is 4.20. The molecular weight excluding hydrogens is 345 g/mol. The van der Waals surface area contributed by atoms with E-state index in [0.29, 0.717) is 6.54 Å². The molecule has 0 amide bonds. The lowest BCUT2D eigenvalue weighted by molar-refractivity contribution is 0.476. The van der Waals surface area contributed by atoms with Gasteiger partial charge in [-0.3, -0.25) is 0 Å². The second-order valence-electron chi connectivity index (χ2n) is 3.37. The molecule has 0 radical (unpaired) electrons. The van der Waals surface area contributed by atoms with Gasteiger partial charge in [0, 0.05) is 27.0 Å². The molecule has 0 unspecified atom stereocenters. The van der Waals surface area contributed by atoms with Crippen molar-refractivity contribution in [1.29, 1.82) is 0 Å². The summed E-state index contributed by atoms with van der Waals surface area (Å²) >= 11 is 16.7. The third-order valence-corrected chi connectivity index (χ3v) is 4.38. The zero-order valence-electron chi connectivity index (χ0n) is 8.51. The minimum absolute atomic E-state index is 0.0854. The van der Waals surface area contributed by atoms with E-state index < -0.39 is 0 Å². The van der Waals surface area contributed by atoms with E-state index in [1.54, 1.807) is 23.5 Å². The van der Waals surface area contributed by atoms with Crippen LogP contribution in [-0.4, -0.2) is 5.11 Å². The van der Waals surface area contributed by atoms with Crippen LogP contribution in [0.15, 0.2) is 28.1 Å². The maximum atomic E-state index is 9.42. The molecule has 90 valence electrons. The maximum Gasteiger partial charge on any atom is 0.152 e. The summed E-state index contributed by atoms with van der Waals surface area (Å²) in [4.78, 5) is 1.19. The Morgan fingerprint density at radius 3 is 2.41 bits per heavy atom. The molecule has 2 N–H and O–H groups in total. The summed E-state index contributed by atoms with van der Waals surface area (Å²) in [5, 5.41) is 15.1. The Hall–Kier alpha value is -0.420. The van der Waals surface area contributed by atoms with E-state index in [2.05, 4.69) is 21.2 Å². The highest BCUT2D eigenvalue weighted by Crippen LogP contribution is 2.34. The van der Waals surface area contributed by atoms with Gasteiger partial charge in [0.05, 0.1) is 10.0 Å². The molecular formula is C11H8BrCl2NOS. The molecule has 2 rings (SSSR count). The van der Waals surface area contributed by atoms with Crippen molar-refractivity contribution in [2.24, 2.45) is 0 Å². The molecule has 1 heterocycles. The van der Waals surface area contributed by atoms with Crippen molar-refractivity contribution < 1.29 is 5.11 Å². The largest absolute Gasteiger partial charge is 0.505 e. The van der Waals surface area contributed by atoms with Crippen LogP contribution < -0.4 is 5.32 Å². The number of benzene rings is 1. The quantitative estimate of drug-likeness (QED) is 0.750. The molecule has 2 nitrogen and oxygen atoms in total. The normalized spacial score (nSPS) is 10.5. The number of hydrogen-bond acceptors (Lipinski definition) is 3. The third-order valence-electron chi connectivity index (χ3n) is 2.11. The smallest absolute Gasteiger partial charge is 0.152 e. The Balaban J connectivity index is 2.09. The second kappa shape index (κ2) is 5.48. The van der Waals surface area contributed by atoms with E-state index in [0.717, 1.165) is 10.2 Å². The van der Waals surface area contributed by atoms with Gasteiger partial charge in [-0.15, -0.1) is 11.3 Å². The molecule has 0 saturated heterocycles. The van der Waals surface area contributed by atoms with Crippen molar-refractivity contribution in [3.8, 4) is 5.75 Å². The average molecular weight is 353 g/mol. The molecule has 6 heteroatoms. The number of nitrogens with one attached hydrogen (secondary N) is 1. The molecule has 0 fully saturated rings. The van der Waals surface area contributed by atoms with Gasteiger partial charge >= 0.3 is 0 Å². The van der Waals surface area contributed by atoms with Crippen LogP contribution in [0.25, 0.3) is 0 Å². The van der Waals surface area contributed by atoms with Crippen molar-refractivity contribution in [2.45, 2.75) is 6.54 Å². The van der Waals surface area contributed by atoms with Crippen molar-refractivity contribution in [3.05, 3.63) is 43.0 Å². The number of thiophene rings is 1. The summed E-state index contributed by atoms with van der Waals surface area (Å²) in [6.07, 6.45) is 0. The molecule has 2 aromatic rings. The fourth-order valence-corrected chi connectivity index (χ4v) is 3.18. The summed E-state index contributed by atoms with van der Waals surface area (Å²) in [7, 11) is 0. The molecule has 17 heavy (non-hydrogen) atoms. The summed E-state index contributed by atoms with van der Waals surface area (Å²) in [5.41, 5.74) is 0.780. The first-order valence-electron chi connectivity index (χ1n) is 4.71. The first-order chi connectivity index (χ1) is 8.06. The van der Waals surface area contributed by atoms with Gasteiger partial charge in [-0.2, -0.15) is 0 Å². The molecule has 1 aromatic carbocycles. The Morgan fingerprint density at radius 2 is 1.88 bits per heavy atom. The van der Waals surface area contributed by atoms with Crippen molar-refractivity contribution in [1.82, 2.24) is 0 Å². The fraction of sp³-hybridized carbons (Fsp3) is 0.0909. The second-order valence-corrected chi connectivity index (χ2v) is 6.10. The van der Waals surface area contributed by atoms with Gasteiger partial charge < -0.3 is 10.4 Å². The third kappa shape index (κ3) is 3.28. The van der Waals surface area contributed by atoms with E-state index in [-0.39, 0.29) is 15.8 Å². The predicted molar refractivity (Wildman–Crippen MR) is 77.5 cm³/mol. The average Bonchev–Trinajstić information content (AvgIpc) is 2.69. The molecule has 0 aliphatic rings. The van der Waals surface area contributed by atoms with Crippen LogP contribution in [0.5, 0.6) is 5.75 Å². The van der Waals surface area contributed by atoms with Gasteiger partial charge in [-0.1, -0.05) is 23.2 Å². The Morgan fingerprint density at radius 1 is 1.24 bits per heavy atom. The van der Waals surface area contributed by atoms with Gasteiger partial charge in [-0.05, 0) is 34.1 Å². The standard InChI is InChI=1S/C11H8BrCl2NOS/c12-6-1-8(17-5-6)4-15-7-2-9(13)11(16)10(14)3-7/h1-3,5,15-16H,4H2. The van der Waals surface area contributed by atoms with E-state index in [1.165, 1.54) is 4.88 Å². The highest BCUT2D eigenvalue weighted by atomic mass is 79.9. The predicted octanol–water partition coefficient (Wildman–Crippen LogP) is 5.14. The lowest BCUT2D eigenvalue weighted by Gasteiger charge is -2.07. The summed E-state index contributed by atoms with van der Waals surface area (Å²) in [6.45, 7) is 0.688. The van der Waals surface area contributed by atoms with Crippen LogP contribution in [-0.2, 0) is 6.54 Å². The first-order valence-corrected chi connectivity index (χ1v) is 7.14. The number of phenols is 1. The molecule has 0 bridgehead atoms. The molecule has 1 aromatic heterocycles. The molecule has 0 atom stereocenters. The van der Waals surface area contributed by atoms with Gasteiger partial charge in [0.15, 0.2) is 5.75 Å². The molecule has 0 aliphatic carbocycles. The van der Waals surface area contributed by atoms with Gasteiger partial charge in [0.25, 0.3) is 0 Å². The lowest BCUT2D eigenvalue weighted by Crippen LogP contribution is -1.97. The number of anilines is 1. The highest BCUT2D eigenvalue weighted by Gasteiger charge is 2.06. The van der Waals surface area contributed by atoms with Crippen LogP contribution >= 0.6 is 50.5 Å². The van der Waals surface area contributed by atoms with E-state index in [4.69, 9.17) is 23.2 Å². The number of rotatable bonds is 3. The van der Waals surface area contributed by atoms with E-state index in [9.17, 15) is 5.11 Å². The monoisotopic (exact) mass is 351 g/mol. The van der Waals surface area contributed by atoms with Crippen LogP contribution in [0.4, 0.5) is 5.69 Å². The Labute approximate surface area is 121 Å². The first kappa shape index (κ1) is 13.0. The zero-order chi connectivity index (χ0) is 12.4.